The molecular formula is C27H38N4O7. The highest BCUT2D eigenvalue weighted by Crippen LogP contribution is 2.19. The molecule has 5 amide bonds. The van der Waals surface area contributed by atoms with Crippen molar-refractivity contribution in [2.24, 2.45) is 11.8 Å². The fraction of sp³-hybridized carbons (Fsp3) is 0.556. The maximum Gasteiger partial charge on any atom is 0.302 e. The summed E-state index contributed by atoms with van der Waals surface area (Å²) in [6.07, 6.45) is 2.32. The summed E-state index contributed by atoms with van der Waals surface area (Å²) in [4.78, 5) is 73.2. The lowest BCUT2D eigenvalue weighted by molar-refractivity contribution is -0.142. The van der Waals surface area contributed by atoms with Gasteiger partial charge in [-0.05, 0) is 36.5 Å². The summed E-state index contributed by atoms with van der Waals surface area (Å²) < 4.78 is 4.92. The summed E-state index contributed by atoms with van der Waals surface area (Å²) in [6.45, 7) is 6.90. The number of carbonyl (C=O) groups excluding carboxylic acids is 6. The minimum atomic E-state index is -0.794. The third-order valence-corrected chi connectivity index (χ3v) is 6.12. The number of hydrogen-bond donors (Lipinski definition) is 3. The average molecular weight is 531 g/mol. The van der Waals surface area contributed by atoms with Crippen molar-refractivity contribution in [3.05, 3.63) is 29.8 Å². The molecule has 1 fully saturated rings. The third-order valence-electron chi connectivity index (χ3n) is 6.12. The SMILES string of the molecule is CC(=O)OCc1ccc(NC(=O)CNC(=O)C(NC(=O)CCCCCN2C(=O)CC(C)C2=O)C(C)C)cc1. The van der Waals surface area contributed by atoms with Gasteiger partial charge in [0.15, 0.2) is 0 Å². The molecule has 2 unspecified atom stereocenters. The molecular weight excluding hydrogens is 492 g/mol. The molecule has 2 rings (SSSR count). The number of anilines is 1. The number of imide groups is 1. The summed E-state index contributed by atoms with van der Waals surface area (Å²) in [6, 6.07) is 5.96. The lowest BCUT2D eigenvalue weighted by Crippen LogP contribution is -2.51. The largest absolute Gasteiger partial charge is 0.461 e. The van der Waals surface area contributed by atoms with Crippen molar-refractivity contribution < 1.29 is 33.5 Å². The van der Waals surface area contributed by atoms with Crippen LogP contribution in [0, 0.1) is 11.8 Å². The van der Waals surface area contributed by atoms with Gasteiger partial charge in [-0.2, -0.15) is 0 Å². The first-order valence-electron chi connectivity index (χ1n) is 12.9. The molecule has 2 atom stereocenters. The molecule has 3 N–H and O–H groups in total. The molecule has 1 saturated heterocycles. The van der Waals surface area contributed by atoms with Gasteiger partial charge in [-0.3, -0.25) is 33.7 Å². The Hall–Kier alpha value is -3.76. The van der Waals surface area contributed by atoms with Gasteiger partial charge in [-0.15, -0.1) is 0 Å². The fourth-order valence-corrected chi connectivity index (χ4v) is 3.95. The summed E-state index contributed by atoms with van der Waals surface area (Å²) in [7, 11) is 0. The third kappa shape index (κ3) is 9.95. The molecule has 1 aromatic carbocycles. The Labute approximate surface area is 223 Å². The maximum atomic E-state index is 12.6. The van der Waals surface area contributed by atoms with E-state index in [1.807, 2.05) is 0 Å². The van der Waals surface area contributed by atoms with E-state index in [9.17, 15) is 28.8 Å². The predicted octanol–water partition coefficient (Wildman–Crippen LogP) is 1.90. The summed E-state index contributed by atoms with van der Waals surface area (Å²) >= 11 is 0. The van der Waals surface area contributed by atoms with Crippen LogP contribution < -0.4 is 16.0 Å². The molecule has 38 heavy (non-hydrogen) atoms. The van der Waals surface area contributed by atoms with E-state index in [-0.39, 0.29) is 61.5 Å². The number of rotatable bonds is 14. The van der Waals surface area contributed by atoms with Gasteiger partial charge in [0.1, 0.15) is 12.6 Å². The second-order valence-corrected chi connectivity index (χ2v) is 9.83. The van der Waals surface area contributed by atoms with Crippen molar-refractivity contribution in [1.82, 2.24) is 15.5 Å². The van der Waals surface area contributed by atoms with Crippen molar-refractivity contribution in [2.45, 2.75) is 72.4 Å². The monoisotopic (exact) mass is 530 g/mol. The predicted molar refractivity (Wildman–Crippen MR) is 139 cm³/mol. The van der Waals surface area contributed by atoms with Crippen molar-refractivity contribution in [2.75, 3.05) is 18.4 Å². The van der Waals surface area contributed by atoms with Crippen LogP contribution in [0.15, 0.2) is 24.3 Å². The first kappa shape index (κ1) is 30.5. The van der Waals surface area contributed by atoms with Crippen LogP contribution in [0.25, 0.3) is 0 Å². The number of ether oxygens (including phenoxy) is 1. The molecule has 11 nitrogen and oxygen atoms in total. The lowest BCUT2D eigenvalue weighted by Gasteiger charge is -2.21. The molecule has 1 aliphatic heterocycles. The highest BCUT2D eigenvalue weighted by Gasteiger charge is 2.34. The minimum absolute atomic E-state index is 0.138. The normalized spacial score (nSPS) is 15.8. The van der Waals surface area contributed by atoms with Crippen LogP contribution in [0.3, 0.4) is 0 Å². The first-order valence-corrected chi connectivity index (χ1v) is 12.9. The minimum Gasteiger partial charge on any atom is -0.461 e. The van der Waals surface area contributed by atoms with E-state index in [1.165, 1.54) is 11.8 Å². The Balaban J connectivity index is 1.70. The zero-order valence-corrected chi connectivity index (χ0v) is 22.5. The Morgan fingerprint density at radius 2 is 1.71 bits per heavy atom. The van der Waals surface area contributed by atoms with Gasteiger partial charge in [0.2, 0.25) is 29.5 Å². The van der Waals surface area contributed by atoms with Crippen LogP contribution in [-0.2, 0) is 40.1 Å². The van der Waals surface area contributed by atoms with Gasteiger partial charge >= 0.3 is 5.97 Å². The maximum absolute atomic E-state index is 12.6. The second kappa shape index (κ2) is 14.8. The topological polar surface area (TPSA) is 151 Å². The Kier molecular flexibility index (Phi) is 11.9. The number of unbranched alkanes of at least 4 members (excludes halogenated alkanes) is 2. The van der Waals surface area contributed by atoms with E-state index in [0.717, 1.165) is 5.56 Å². The van der Waals surface area contributed by atoms with Gasteiger partial charge < -0.3 is 20.7 Å². The number of nitrogens with one attached hydrogen (secondary N) is 3. The number of carbonyl (C=O) groups is 6. The highest BCUT2D eigenvalue weighted by molar-refractivity contribution is 6.03. The van der Waals surface area contributed by atoms with Crippen molar-refractivity contribution in [3.63, 3.8) is 0 Å². The quantitative estimate of drug-likeness (QED) is 0.189. The van der Waals surface area contributed by atoms with E-state index in [0.29, 0.717) is 31.5 Å². The van der Waals surface area contributed by atoms with Crippen LogP contribution in [-0.4, -0.2) is 59.5 Å². The summed E-state index contributed by atoms with van der Waals surface area (Å²) in [5, 5.41) is 7.96. The van der Waals surface area contributed by atoms with Gasteiger partial charge in [-0.1, -0.05) is 39.3 Å². The lowest BCUT2D eigenvalue weighted by atomic mass is 10.0. The molecule has 0 bridgehead atoms. The van der Waals surface area contributed by atoms with E-state index in [2.05, 4.69) is 16.0 Å². The van der Waals surface area contributed by atoms with Gasteiger partial charge in [0.05, 0.1) is 6.54 Å². The van der Waals surface area contributed by atoms with E-state index in [4.69, 9.17) is 4.74 Å². The number of esters is 1. The van der Waals surface area contributed by atoms with Gasteiger partial charge in [-0.25, -0.2) is 0 Å². The first-order chi connectivity index (χ1) is 18.0. The molecule has 0 radical (unpaired) electrons. The van der Waals surface area contributed by atoms with Gasteiger partial charge in [0, 0.05) is 37.9 Å². The zero-order chi connectivity index (χ0) is 28.2. The van der Waals surface area contributed by atoms with Crippen molar-refractivity contribution in [1.29, 1.82) is 0 Å². The van der Waals surface area contributed by atoms with Crippen molar-refractivity contribution >= 4 is 41.2 Å². The Morgan fingerprint density at radius 3 is 2.29 bits per heavy atom. The Morgan fingerprint density at radius 1 is 1.03 bits per heavy atom. The van der Waals surface area contributed by atoms with Crippen LogP contribution in [0.1, 0.15) is 65.4 Å². The van der Waals surface area contributed by atoms with Crippen molar-refractivity contribution in [3.8, 4) is 0 Å². The molecule has 1 aliphatic rings. The molecule has 1 aromatic rings. The van der Waals surface area contributed by atoms with Crippen LogP contribution in [0.2, 0.25) is 0 Å². The standard InChI is InChI=1S/C27H38N4O7/c1-17(2)25(30-22(33)8-6-5-7-13-31-24(35)14-18(3)27(31)37)26(36)28-15-23(34)29-21-11-9-20(10-12-21)16-38-19(4)32/h9-12,17-18,25H,5-8,13-16H2,1-4H3,(H,28,36)(H,29,34)(H,30,33). The van der Waals surface area contributed by atoms with E-state index < -0.39 is 17.9 Å². The number of hydrogen-bond acceptors (Lipinski definition) is 7. The summed E-state index contributed by atoms with van der Waals surface area (Å²) in [5.74, 6) is -2.28. The summed E-state index contributed by atoms with van der Waals surface area (Å²) in [5.41, 5.74) is 1.30. The highest BCUT2D eigenvalue weighted by atomic mass is 16.5. The molecule has 11 heteroatoms. The number of benzene rings is 1. The second-order valence-electron chi connectivity index (χ2n) is 9.83. The smallest absolute Gasteiger partial charge is 0.302 e. The van der Waals surface area contributed by atoms with E-state index >= 15 is 0 Å². The average Bonchev–Trinajstić information content (AvgIpc) is 3.10. The van der Waals surface area contributed by atoms with E-state index in [1.54, 1.807) is 45.0 Å². The van der Waals surface area contributed by atoms with Gasteiger partial charge in [0.25, 0.3) is 0 Å². The molecule has 208 valence electrons. The number of amides is 5. The van der Waals surface area contributed by atoms with Crippen LogP contribution in [0.4, 0.5) is 5.69 Å². The Bertz CT molecular complexity index is 1020. The zero-order valence-electron chi connectivity index (χ0n) is 22.5. The molecule has 1 heterocycles. The fourth-order valence-electron chi connectivity index (χ4n) is 3.95. The van der Waals surface area contributed by atoms with Crippen LogP contribution >= 0.6 is 0 Å². The van der Waals surface area contributed by atoms with Crippen LogP contribution in [0.5, 0.6) is 0 Å². The molecule has 0 spiro atoms. The molecule has 0 aromatic heterocycles. The molecule has 0 saturated carbocycles. The number of nitrogens with zero attached hydrogens (tertiary/aromatic N) is 1. The molecule has 0 aliphatic carbocycles. The number of likely N-dealkylation sites (tertiary alicyclic amines) is 1.